The van der Waals surface area contributed by atoms with E-state index in [4.69, 9.17) is 0 Å². The molecule has 5 nitrogen and oxygen atoms in total. The van der Waals surface area contributed by atoms with Crippen molar-refractivity contribution < 1.29 is 9.72 Å². The molecular weight excluding hydrogens is 300 g/mol. The van der Waals surface area contributed by atoms with Crippen molar-refractivity contribution in [1.82, 2.24) is 5.32 Å². The van der Waals surface area contributed by atoms with Gasteiger partial charge >= 0.3 is 0 Å². The first-order valence-electron chi connectivity index (χ1n) is 6.75. The maximum atomic E-state index is 11.5. The molecule has 1 amide bonds. The van der Waals surface area contributed by atoms with Crippen molar-refractivity contribution in [3.8, 4) is 0 Å². The SMILES string of the molecule is CNC(=O)Cc1cc(SCc2ccccc2)ccc1[N+](=O)[O-]. The van der Waals surface area contributed by atoms with Crippen LogP contribution in [0.5, 0.6) is 0 Å². The first-order valence-corrected chi connectivity index (χ1v) is 7.73. The van der Waals surface area contributed by atoms with Gasteiger partial charge in [0.2, 0.25) is 5.91 Å². The molecule has 114 valence electrons. The minimum atomic E-state index is -0.454. The maximum Gasteiger partial charge on any atom is 0.273 e. The number of nitrogens with zero attached hydrogens (tertiary/aromatic N) is 1. The lowest BCUT2D eigenvalue weighted by atomic mass is 10.1. The van der Waals surface area contributed by atoms with Crippen molar-refractivity contribution >= 4 is 23.4 Å². The first-order chi connectivity index (χ1) is 10.6. The van der Waals surface area contributed by atoms with E-state index in [0.717, 1.165) is 10.6 Å². The monoisotopic (exact) mass is 316 g/mol. The second-order valence-corrected chi connectivity index (χ2v) is 5.72. The molecule has 0 aliphatic heterocycles. The van der Waals surface area contributed by atoms with Gasteiger partial charge in [-0.2, -0.15) is 0 Å². The van der Waals surface area contributed by atoms with Crippen LogP contribution in [0, 0.1) is 10.1 Å². The molecule has 0 aliphatic carbocycles. The molecule has 2 rings (SSSR count). The molecule has 0 saturated carbocycles. The van der Waals surface area contributed by atoms with Gasteiger partial charge in [0.25, 0.3) is 5.69 Å². The molecular formula is C16H16N2O3S. The van der Waals surface area contributed by atoms with E-state index in [1.165, 1.54) is 18.7 Å². The van der Waals surface area contributed by atoms with Gasteiger partial charge in [-0.25, -0.2) is 0 Å². The van der Waals surface area contributed by atoms with Gasteiger partial charge in [0.15, 0.2) is 0 Å². The summed E-state index contributed by atoms with van der Waals surface area (Å²) in [7, 11) is 1.52. The summed E-state index contributed by atoms with van der Waals surface area (Å²) in [5.41, 5.74) is 1.59. The molecule has 2 aromatic rings. The molecule has 0 atom stereocenters. The van der Waals surface area contributed by atoms with Gasteiger partial charge in [-0.05, 0) is 17.7 Å². The van der Waals surface area contributed by atoms with Gasteiger partial charge in [-0.3, -0.25) is 14.9 Å². The largest absolute Gasteiger partial charge is 0.359 e. The van der Waals surface area contributed by atoms with E-state index < -0.39 is 4.92 Å². The van der Waals surface area contributed by atoms with Gasteiger partial charge in [0.1, 0.15) is 0 Å². The molecule has 0 bridgehead atoms. The van der Waals surface area contributed by atoms with E-state index >= 15 is 0 Å². The molecule has 2 aromatic carbocycles. The van der Waals surface area contributed by atoms with E-state index in [9.17, 15) is 14.9 Å². The predicted molar refractivity (Wildman–Crippen MR) is 86.9 cm³/mol. The fourth-order valence-electron chi connectivity index (χ4n) is 1.97. The number of rotatable bonds is 6. The molecule has 6 heteroatoms. The zero-order chi connectivity index (χ0) is 15.9. The summed E-state index contributed by atoms with van der Waals surface area (Å²) in [5, 5.41) is 13.5. The predicted octanol–water partition coefficient (Wildman–Crippen LogP) is 3.18. The van der Waals surface area contributed by atoms with Crippen LogP contribution >= 0.6 is 11.8 Å². The number of nitro groups is 1. The van der Waals surface area contributed by atoms with Crippen LogP contribution in [-0.4, -0.2) is 17.9 Å². The summed E-state index contributed by atoms with van der Waals surface area (Å²) in [5.74, 6) is 0.534. The van der Waals surface area contributed by atoms with Crippen molar-refractivity contribution in [2.45, 2.75) is 17.1 Å². The number of likely N-dealkylation sites (N-methyl/N-ethyl adjacent to an activating group) is 1. The minimum Gasteiger partial charge on any atom is -0.359 e. The lowest BCUT2D eigenvalue weighted by Gasteiger charge is -2.06. The van der Waals surface area contributed by atoms with Gasteiger partial charge in [-0.15, -0.1) is 11.8 Å². The highest BCUT2D eigenvalue weighted by atomic mass is 32.2. The van der Waals surface area contributed by atoms with Crippen molar-refractivity contribution in [2.24, 2.45) is 0 Å². The molecule has 0 aromatic heterocycles. The quantitative estimate of drug-likeness (QED) is 0.505. The lowest BCUT2D eigenvalue weighted by Crippen LogP contribution is -2.20. The molecule has 0 spiro atoms. The van der Waals surface area contributed by atoms with Crippen molar-refractivity contribution in [2.75, 3.05) is 7.05 Å². The number of benzene rings is 2. The maximum absolute atomic E-state index is 11.5. The molecule has 0 unspecified atom stereocenters. The zero-order valence-corrected chi connectivity index (χ0v) is 12.9. The summed E-state index contributed by atoms with van der Waals surface area (Å²) in [6, 6.07) is 14.9. The third kappa shape index (κ3) is 4.33. The summed E-state index contributed by atoms with van der Waals surface area (Å²) < 4.78 is 0. The average Bonchev–Trinajstić information content (AvgIpc) is 2.53. The van der Waals surface area contributed by atoms with Crippen molar-refractivity contribution in [3.05, 3.63) is 69.8 Å². The lowest BCUT2D eigenvalue weighted by molar-refractivity contribution is -0.385. The Bertz CT molecular complexity index is 674. The third-order valence-corrected chi connectivity index (χ3v) is 4.19. The van der Waals surface area contributed by atoms with Crippen LogP contribution in [0.4, 0.5) is 5.69 Å². The van der Waals surface area contributed by atoms with E-state index in [0.29, 0.717) is 5.56 Å². The summed E-state index contributed by atoms with van der Waals surface area (Å²) >= 11 is 1.59. The highest BCUT2D eigenvalue weighted by Gasteiger charge is 2.16. The van der Waals surface area contributed by atoms with Crippen LogP contribution in [0.3, 0.4) is 0 Å². The Balaban J connectivity index is 2.17. The number of nitro benzene ring substituents is 1. The Labute approximate surface area is 132 Å². The average molecular weight is 316 g/mol. The molecule has 22 heavy (non-hydrogen) atoms. The van der Waals surface area contributed by atoms with Gasteiger partial charge in [-0.1, -0.05) is 30.3 Å². The third-order valence-electron chi connectivity index (χ3n) is 3.13. The number of hydrogen-bond acceptors (Lipinski definition) is 4. The summed E-state index contributed by atoms with van der Waals surface area (Å²) in [6.45, 7) is 0. The minimum absolute atomic E-state index is 0.00650. The normalized spacial score (nSPS) is 10.2. The summed E-state index contributed by atoms with van der Waals surface area (Å²) in [4.78, 5) is 23.0. The molecule has 0 radical (unpaired) electrons. The Kier molecular flexibility index (Phi) is 5.55. The number of carbonyl (C=O) groups excluding carboxylic acids is 1. The smallest absolute Gasteiger partial charge is 0.273 e. The molecule has 0 aliphatic rings. The van der Waals surface area contributed by atoms with Crippen LogP contribution in [0.2, 0.25) is 0 Å². The van der Waals surface area contributed by atoms with E-state index in [1.807, 2.05) is 30.3 Å². The highest BCUT2D eigenvalue weighted by molar-refractivity contribution is 7.98. The molecule has 0 saturated heterocycles. The van der Waals surface area contributed by atoms with Gasteiger partial charge in [0.05, 0.1) is 11.3 Å². The number of thioether (sulfide) groups is 1. The van der Waals surface area contributed by atoms with Gasteiger partial charge < -0.3 is 5.32 Å². The molecule has 0 heterocycles. The van der Waals surface area contributed by atoms with Crippen LogP contribution < -0.4 is 5.32 Å². The Morgan fingerprint density at radius 1 is 1.23 bits per heavy atom. The zero-order valence-electron chi connectivity index (χ0n) is 12.1. The standard InChI is InChI=1S/C16H16N2O3S/c1-17-16(19)10-13-9-14(7-8-15(13)18(20)21)22-11-12-5-3-2-4-6-12/h2-9H,10-11H2,1H3,(H,17,19). The van der Waals surface area contributed by atoms with Crippen molar-refractivity contribution in [3.63, 3.8) is 0 Å². The fourth-order valence-corrected chi connectivity index (χ4v) is 2.89. The van der Waals surface area contributed by atoms with Crippen LogP contribution in [-0.2, 0) is 17.0 Å². The Hall–Kier alpha value is -2.34. The molecule has 0 fully saturated rings. The number of hydrogen-bond donors (Lipinski definition) is 1. The van der Waals surface area contributed by atoms with E-state index in [-0.39, 0.29) is 18.0 Å². The van der Waals surface area contributed by atoms with Crippen LogP contribution in [0.15, 0.2) is 53.4 Å². The second-order valence-electron chi connectivity index (χ2n) is 4.67. The van der Waals surface area contributed by atoms with E-state index in [2.05, 4.69) is 5.32 Å². The Morgan fingerprint density at radius 2 is 1.95 bits per heavy atom. The topological polar surface area (TPSA) is 72.2 Å². The molecule has 1 N–H and O–H groups in total. The number of carbonyl (C=O) groups is 1. The number of amides is 1. The highest BCUT2D eigenvalue weighted by Crippen LogP contribution is 2.28. The van der Waals surface area contributed by atoms with Crippen LogP contribution in [0.25, 0.3) is 0 Å². The second kappa shape index (κ2) is 7.61. The van der Waals surface area contributed by atoms with E-state index in [1.54, 1.807) is 23.9 Å². The fraction of sp³-hybridized carbons (Fsp3) is 0.188. The first kappa shape index (κ1) is 16.0. The van der Waals surface area contributed by atoms with Gasteiger partial charge in [0, 0.05) is 29.3 Å². The van der Waals surface area contributed by atoms with Crippen LogP contribution in [0.1, 0.15) is 11.1 Å². The van der Waals surface area contributed by atoms with Crippen molar-refractivity contribution in [1.29, 1.82) is 0 Å². The number of nitrogens with one attached hydrogen (secondary N) is 1. The Morgan fingerprint density at radius 3 is 2.59 bits per heavy atom. The summed E-state index contributed by atoms with van der Waals surface area (Å²) in [6.07, 6.45) is 0.00650.